The number of benzene rings is 1. The van der Waals surface area contributed by atoms with E-state index < -0.39 is 0 Å². The number of carbonyl (C=O) groups is 1. The van der Waals surface area contributed by atoms with E-state index in [1.807, 2.05) is 18.2 Å². The molecule has 1 aromatic carbocycles. The first-order chi connectivity index (χ1) is 10.8. The van der Waals surface area contributed by atoms with Gasteiger partial charge < -0.3 is 10.6 Å². The maximum Gasteiger partial charge on any atom is 0.243 e. The lowest BCUT2D eigenvalue weighted by Gasteiger charge is -2.21. The van der Waals surface area contributed by atoms with Gasteiger partial charge in [0.05, 0.1) is 11.7 Å². The number of aryl methyl sites for hydroxylation is 1. The van der Waals surface area contributed by atoms with E-state index >= 15 is 0 Å². The second-order valence-corrected chi connectivity index (χ2v) is 6.59. The zero-order chi connectivity index (χ0) is 15.4. The summed E-state index contributed by atoms with van der Waals surface area (Å²) in [6.07, 6.45) is 4.08. The van der Waals surface area contributed by atoms with Crippen LogP contribution in [0.25, 0.3) is 11.3 Å². The molecule has 1 aromatic heterocycles. The van der Waals surface area contributed by atoms with Gasteiger partial charge in [-0.05, 0) is 25.8 Å². The number of anilines is 1. The van der Waals surface area contributed by atoms with Crippen LogP contribution in [0.3, 0.4) is 0 Å². The molecule has 0 saturated carbocycles. The zero-order valence-electron chi connectivity index (χ0n) is 12.8. The lowest BCUT2D eigenvalue weighted by atomic mass is 10.0. The Hall–Kier alpha value is -1.72. The fourth-order valence-corrected chi connectivity index (χ4v) is 3.66. The van der Waals surface area contributed by atoms with Crippen LogP contribution in [0.4, 0.5) is 5.13 Å². The Morgan fingerprint density at radius 3 is 2.86 bits per heavy atom. The number of nitrogens with one attached hydrogen (secondary N) is 2. The van der Waals surface area contributed by atoms with Crippen LogP contribution in [0.1, 0.15) is 31.1 Å². The monoisotopic (exact) mass is 315 g/mol. The van der Waals surface area contributed by atoms with E-state index in [4.69, 9.17) is 0 Å². The highest BCUT2D eigenvalue weighted by Crippen LogP contribution is 2.31. The van der Waals surface area contributed by atoms with Crippen molar-refractivity contribution in [1.82, 2.24) is 10.3 Å². The van der Waals surface area contributed by atoms with Crippen molar-refractivity contribution >= 4 is 22.4 Å². The fourth-order valence-electron chi connectivity index (χ4n) is 2.73. The quantitative estimate of drug-likeness (QED) is 0.908. The summed E-state index contributed by atoms with van der Waals surface area (Å²) in [5.74, 6) is 0.0377. The topological polar surface area (TPSA) is 54.0 Å². The molecule has 2 aromatic rings. The van der Waals surface area contributed by atoms with Gasteiger partial charge in [-0.1, -0.05) is 43.7 Å². The molecule has 0 bridgehead atoms. The molecule has 2 N–H and O–H groups in total. The second kappa shape index (κ2) is 7.03. The number of amides is 1. The van der Waals surface area contributed by atoms with E-state index in [1.54, 1.807) is 11.3 Å². The number of piperidine rings is 1. The summed E-state index contributed by atoms with van der Waals surface area (Å²) >= 11 is 1.58. The maximum atomic E-state index is 12.3. The predicted octanol–water partition coefficient (Wildman–Crippen LogP) is 3.45. The number of hydrogen-bond donors (Lipinski definition) is 2. The van der Waals surface area contributed by atoms with E-state index in [0.717, 1.165) is 43.5 Å². The zero-order valence-corrected chi connectivity index (χ0v) is 13.6. The molecule has 1 fully saturated rings. The summed E-state index contributed by atoms with van der Waals surface area (Å²) in [7, 11) is 0. The van der Waals surface area contributed by atoms with Gasteiger partial charge in [0.15, 0.2) is 5.13 Å². The molecule has 4 nitrogen and oxygen atoms in total. The molecular formula is C17H21N3OS. The van der Waals surface area contributed by atoms with Gasteiger partial charge in [0, 0.05) is 10.4 Å². The van der Waals surface area contributed by atoms with Gasteiger partial charge in [-0.2, -0.15) is 0 Å². The minimum Gasteiger partial charge on any atom is -0.306 e. The molecule has 1 amide bonds. The highest BCUT2D eigenvalue weighted by Gasteiger charge is 2.22. The van der Waals surface area contributed by atoms with Crippen molar-refractivity contribution in [2.45, 2.75) is 38.6 Å². The number of nitrogens with zero attached hydrogens (tertiary/aromatic N) is 1. The average molecular weight is 315 g/mol. The van der Waals surface area contributed by atoms with Crippen LogP contribution in [0.15, 0.2) is 30.3 Å². The van der Waals surface area contributed by atoms with Crippen molar-refractivity contribution in [3.05, 3.63) is 35.2 Å². The lowest BCUT2D eigenvalue weighted by molar-refractivity contribution is -0.118. The normalized spacial score (nSPS) is 18.1. The van der Waals surface area contributed by atoms with Crippen molar-refractivity contribution in [3.8, 4) is 11.3 Å². The minimum absolute atomic E-state index is 0.0377. The molecule has 0 spiro atoms. The van der Waals surface area contributed by atoms with Crippen molar-refractivity contribution in [1.29, 1.82) is 0 Å². The first-order valence-corrected chi connectivity index (χ1v) is 8.69. The van der Waals surface area contributed by atoms with Crippen LogP contribution in [0.2, 0.25) is 0 Å². The highest BCUT2D eigenvalue weighted by molar-refractivity contribution is 7.16. The molecule has 1 aliphatic heterocycles. The molecule has 1 saturated heterocycles. The first-order valence-electron chi connectivity index (χ1n) is 7.87. The molecule has 22 heavy (non-hydrogen) atoms. The Balaban J connectivity index is 1.77. The average Bonchev–Trinajstić information content (AvgIpc) is 2.99. The summed E-state index contributed by atoms with van der Waals surface area (Å²) in [5.41, 5.74) is 2.09. The Labute approximate surface area is 135 Å². The Kier molecular flexibility index (Phi) is 4.85. The van der Waals surface area contributed by atoms with Gasteiger partial charge in [-0.15, -0.1) is 11.3 Å². The Morgan fingerprint density at radius 2 is 2.18 bits per heavy atom. The molecule has 1 atom stereocenters. The molecule has 116 valence electrons. The number of hydrogen-bond acceptors (Lipinski definition) is 4. The molecule has 5 heteroatoms. The third-order valence-electron chi connectivity index (χ3n) is 3.92. The largest absolute Gasteiger partial charge is 0.306 e. The SMILES string of the molecule is CCc1sc(NC(=O)C2CCCCN2)nc1-c1ccccc1. The lowest BCUT2D eigenvalue weighted by Crippen LogP contribution is -2.43. The van der Waals surface area contributed by atoms with Crippen LogP contribution in [0, 0.1) is 0 Å². The van der Waals surface area contributed by atoms with Gasteiger partial charge in [-0.3, -0.25) is 4.79 Å². The van der Waals surface area contributed by atoms with Gasteiger partial charge in [0.2, 0.25) is 5.91 Å². The summed E-state index contributed by atoms with van der Waals surface area (Å²) in [6.45, 7) is 3.04. The third-order valence-corrected chi connectivity index (χ3v) is 5.04. The maximum absolute atomic E-state index is 12.3. The summed E-state index contributed by atoms with van der Waals surface area (Å²) < 4.78 is 0. The highest BCUT2D eigenvalue weighted by atomic mass is 32.1. The van der Waals surface area contributed by atoms with E-state index in [2.05, 4.69) is 34.7 Å². The molecule has 1 unspecified atom stereocenters. The molecule has 3 rings (SSSR count). The van der Waals surface area contributed by atoms with Crippen molar-refractivity contribution < 1.29 is 4.79 Å². The van der Waals surface area contributed by atoms with Crippen LogP contribution in [0.5, 0.6) is 0 Å². The van der Waals surface area contributed by atoms with Crippen molar-refractivity contribution in [2.24, 2.45) is 0 Å². The molecule has 0 radical (unpaired) electrons. The summed E-state index contributed by atoms with van der Waals surface area (Å²) in [4.78, 5) is 18.2. The summed E-state index contributed by atoms with van der Waals surface area (Å²) in [5, 5.41) is 6.96. The van der Waals surface area contributed by atoms with Crippen LogP contribution in [-0.2, 0) is 11.2 Å². The smallest absolute Gasteiger partial charge is 0.243 e. The Morgan fingerprint density at radius 1 is 1.36 bits per heavy atom. The Bertz CT molecular complexity index is 633. The van der Waals surface area contributed by atoms with Crippen LogP contribution in [-0.4, -0.2) is 23.5 Å². The predicted molar refractivity (Wildman–Crippen MR) is 91.2 cm³/mol. The van der Waals surface area contributed by atoms with E-state index in [1.165, 1.54) is 4.88 Å². The second-order valence-electron chi connectivity index (χ2n) is 5.50. The van der Waals surface area contributed by atoms with Crippen LogP contribution >= 0.6 is 11.3 Å². The van der Waals surface area contributed by atoms with E-state index in [9.17, 15) is 4.79 Å². The number of rotatable bonds is 4. The standard InChI is InChI=1S/C17H21N3OS/c1-2-14-15(12-8-4-3-5-9-12)19-17(22-14)20-16(21)13-10-6-7-11-18-13/h3-5,8-9,13,18H,2,6-7,10-11H2,1H3,(H,19,20,21). The number of aromatic nitrogens is 1. The van der Waals surface area contributed by atoms with E-state index in [0.29, 0.717) is 5.13 Å². The fraction of sp³-hybridized carbons (Fsp3) is 0.412. The van der Waals surface area contributed by atoms with Crippen molar-refractivity contribution in [3.63, 3.8) is 0 Å². The van der Waals surface area contributed by atoms with Gasteiger partial charge >= 0.3 is 0 Å². The third kappa shape index (κ3) is 3.36. The number of thiazole rings is 1. The minimum atomic E-state index is -0.0806. The molecule has 1 aliphatic rings. The molecule has 2 heterocycles. The summed E-state index contributed by atoms with van der Waals surface area (Å²) in [6, 6.07) is 10.1. The first kappa shape index (κ1) is 15.2. The number of carbonyl (C=O) groups excluding carboxylic acids is 1. The van der Waals surface area contributed by atoms with Gasteiger partial charge in [0.1, 0.15) is 0 Å². The molecular weight excluding hydrogens is 294 g/mol. The van der Waals surface area contributed by atoms with E-state index in [-0.39, 0.29) is 11.9 Å². The molecule has 0 aliphatic carbocycles. The van der Waals surface area contributed by atoms with Crippen LogP contribution < -0.4 is 10.6 Å². The van der Waals surface area contributed by atoms with Crippen molar-refractivity contribution in [2.75, 3.05) is 11.9 Å². The van der Waals surface area contributed by atoms with Gasteiger partial charge in [0.25, 0.3) is 0 Å². The van der Waals surface area contributed by atoms with Gasteiger partial charge in [-0.25, -0.2) is 4.98 Å².